The van der Waals surface area contributed by atoms with Crippen molar-refractivity contribution in [3.8, 4) is 0 Å². The number of sulfonamides is 1. The second-order valence-corrected chi connectivity index (χ2v) is 10.0. The van der Waals surface area contributed by atoms with Crippen molar-refractivity contribution in [3.05, 3.63) is 54.3 Å². The molecule has 2 aromatic carbocycles. The van der Waals surface area contributed by atoms with Crippen molar-refractivity contribution in [1.82, 2.24) is 4.31 Å². The number of carbonyl (C=O) groups is 1. The number of carbonyl (C=O) groups excluding carboxylic acids is 1. The molecule has 1 aromatic heterocycles. The van der Waals surface area contributed by atoms with Gasteiger partial charge in [-0.3, -0.25) is 4.79 Å². The fraction of sp³-hybridized carbons (Fsp3) is 0.348. The molecule has 1 fully saturated rings. The lowest BCUT2D eigenvalue weighted by molar-refractivity contribution is 0.0730. The number of fused-ring (bicyclic) bond motifs is 1. The highest BCUT2D eigenvalue weighted by Gasteiger charge is 2.27. The summed E-state index contributed by atoms with van der Waals surface area (Å²) >= 11 is 0. The Morgan fingerprint density at radius 3 is 2.53 bits per heavy atom. The molecule has 170 valence electrons. The summed E-state index contributed by atoms with van der Waals surface area (Å²) in [5.41, 5.74) is 1.63. The molecule has 9 heteroatoms. The van der Waals surface area contributed by atoms with Gasteiger partial charge in [-0.05, 0) is 36.2 Å². The summed E-state index contributed by atoms with van der Waals surface area (Å²) < 4.78 is 38.5. The van der Waals surface area contributed by atoms with E-state index in [4.69, 9.17) is 9.15 Å². The van der Waals surface area contributed by atoms with Crippen molar-refractivity contribution in [2.24, 2.45) is 5.92 Å². The highest BCUT2D eigenvalue weighted by molar-refractivity contribution is 7.89. The van der Waals surface area contributed by atoms with Gasteiger partial charge in [-0.25, -0.2) is 8.42 Å². The average molecular weight is 458 g/mol. The topological polar surface area (TPSA) is 101 Å². The molecule has 8 nitrogen and oxygen atoms in total. The van der Waals surface area contributed by atoms with Gasteiger partial charge in [-0.2, -0.15) is 4.31 Å². The molecule has 0 aliphatic carbocycles. The number of amides is 1. The van der Waals surface area contributed by atoms with Crippen LogP contribution in [0.2, 0.25) is 0 Å². The molecule has 0 radical (unpaired) electrons. The van der Waals surface area contributed by atoms with Crippen LogP contribution in [-0.2, 0) is 14.8 Å². The van der Waals surface area contributed by atoms with Gasteiger partial charge in [0.15, 0.2) is 5.76 Å². The van der Waals surface area contributed by atoms with Crippen molar-refractivity contribution in [3.63, 3.8) is 0 Å². The minimum atomic E-state index is -3.70. The van der Waals surface area contributed by atoms with Gasteiger partial charge in [0, 0.05) is 25.0 Å². The van der Waals surface area contributed by atoms with Gasteiger partial charge in [0.1, 0.15) is 5.58 Å². The molecule has 0 atom stereocenters. The van der Waals surface area contributed by atoms with Crippen LogP contribution in [0.1, 0.15) is 24.4 Å². The number of benzene rings is 2. The third-order valence-electron chi connectivity index (χ3n) is 5.20. The summed E-state index contributed by atoms with van der Waals surface area (Å²) in [5, 5.41) is 6.92. The predicted octanol–water partition coefficient (Wildman–Crippen LogP) is 3.77. The van der Waals surface area contributed by atoms with Crippen LogP contribution < -0.4 is 10.6 Å². The standard InChI is InChI=1S/C23H27N3O5S/c1-16(2)15-24-19-8-7-18(32(28,29)26-9-11-30-12-10-26)14-20(19)25-23(27)22-13-17-5-3-4-6-21(17)31-22/h3-8,13-14,16,24H,9-12,15H2,1-2H3,(H,25,27). The molecule has 0 saturated carbocycles. The molecule has 1 saturated heterocycles. The van der Waals surface area contributed by atoms with E-state index in [0.717, 1.165) is 5.39 Å². The van der Waals surface area contributed by atoms with Crippen LogP contribution in [0.4, 0.5) is 11.4 Å². The highest BCUT2D eigenvalue weighted by atomic mass is 32.2. The molecule has 32 heavy (non-hydrogen) atoms. The lowest BCUT2D eigenvalue weighted by Gasteiger charge is -2.26. The summed E-state index contributed by atoms with van der Waals surface area (Å²) in [4.78, 5) is 13.0. The molecule has 4 rings (SSSR count). The predicted molar refractivity (Wildman–Crippen MR) is 124 cm³/mol. The molecular formula is C23H27N3O5S. The van der Waals surface area contributed by atoms with E-state index in [1.807, 2.05) is 18.2 Å². The molecule has 1 aliphatic rings. The number of nitrogens with one attached hydrogen (secondary N) is 2. The van der Waals surface area contributed by atoms with Gasteiger partial charge < -0.3 is 19.8 Å². The normalized spacial score (nSPS) is 15.2. The molecule has 0 bridgehead atoms. The van der Waals surface area contributed by atoms with Gasteiger partial charge >= 0.3 is 0 Å². The Morgan fingerprint density at radius 1 is 1.06 bits per heavy atom. The maximum atomic E-state index is 13.1. The Labute approximate surface area is 187 Å². The van der Waals surface area contributed by atoms with Gasteiger partial charge in [0.25, 0.3) is 5.91 Å². The summed E-state index contributed by atoms with van der Waals surface area (Å²) in [7, 11) is -3.70. The quantitative estimate of drug-likeness (QED) is 0.560. The lowest BCUT2D eigenvalue weighted by Crippen LogP contribution is -2.40. The number of anilines is 2. The van der Waals surface area contributed by atoms with E-state index in [1.165, 1.54) is 10.4 Å². The van der Waals surface area contributed by atoms with Crippen molar-refractivity contribution >= 4 is 38.3 Å². The van der Waals surface area contributed by atoms with Gasteiger partial charge in [0.05, 0.1) is 29.5 Å². The van der Waals surface area contributed by atoms with Crippen LogP contribution in [0.25, 0.3) is 11.0 Å². The number of hydrogen-bond donors (Lipinski definition) is 2. The Balaban J connectivity index is 1.65. The third kappa shape index (κ3) is 4.79. The molecule has 2 heterocycles. The maximum Gasteiger partial charge on any atom is 0.291 e. The number of furan rings is 1. The average Bonchev–Trinajstić information content (AvgIpc) is 3.23. The zero-order chi connectivity index (χ0) is 22.7. The molecule has 1 amide bonds. The first kappa shape index (κ1) is 22.3. The van der Waals surface area contributed by atoms with E-state index < -0.39 is 15.9 Å². The summed E-state index contributed by atoms with van der Waals surface area (Å²) in [6.07, 6.45) is 0. The Hall–Kier alpha value is -2.88. The zero-order valence-corrected chi connectivity index (χ0v) is 18.9. The number of para-hydroxylation sites is 1. The van der Waals surface area contributed by atoms with Crippen LogP contribution >= 0.6 is 0 Å². The fourth-order valence-corrected chi connectivity index (χ4v) is 4.90. The largest absolute Gasteiger partial charge is 0.451 e. The van der Waals surface area contributed by atoms with Crippen LogP contribution in [0.15, 0.2) is 57.8 Å². The molecule has 3 aromatic rings. The van der Waals surface area contributed by atoms with E-state index in [1.54, 1.807) is 24.3 Å². The molecule has 0 spiro atoms. The van der Waals surface area contributed by atoms with Crippen molar-refractivity contribution in [2.75, 3.05) is 43.5 Å². The first-order valence-corrected chi connectivity index (χ1v) is 12.0. The van der Waals surface area contributed by atoms with Crippen molar-refractivity contribution < 1.29 is 22.4 Å². The second-order valence-electron chi connectivity index (χ2n) is 8.10. The van der Waals surface area contributed by atoms with Crippen molar-refractivity contribution in [1.29, 1.82) is 0 Å². The molecule has 1 aliphatic heterocycles. The van der Waals surface area contributed by atoms with E-state index in [0.29, 0.717) is 55.7 Å². The Morgan fingerprint density at radius 2 is 1.81 bits per heavy atom. The van der Waals surface area contributed by atoms with Crippen LogP contribution in [0.5, 0.6) is 0 Å². The van der Waals surface area contributed by atoms with Gasteiger partial charge in [-0.1, -0.05) is 32.0 Å². The van der Waals surface area contributed by atoms with Gasteiger partial charge in [0.2, 0.25) is 10.0 Å². The first-order valence-electron chi connectivity index (χ1n) is 10.6. The first-order chi connectivity index (χ1) is 15.3. The Bertz CT molecular complexity index is 1180. The smallest absolute Gasteiger partial charge is 0.291 e. The molecule has 2 N–H and O–H groups in total. The fourth-order valence-electron chi connectivity index (χ4n) is 3.47. The van der Waals surface area contributed by atoms with Gasteiger partial charge in [-0.15, -0.1) is 0 Å². The van der Waals surface area contributed by atoms with E-state index in [-0.39, 0.29) is 10.7 Å². The molecule has 0 unspecified atom stereocenters. The van der Waals surface area contributed by atoms with Crippen molar-refractivity contribution in [2.45, 2.75) is 18.7 Å². The van der Waals surface area contributed by atoms with E-state index in [9.17, 15) is 13.2 Å². The van der Waals surface area contributed by atoms with Crippen LogP contribution in [0, 0.1) is 5.92 Å². The van der Waals surface area contributed by atoms with Crippen LogP contribution in [0.3, 0.4) is 0 Å². The number of rotatable bonds is 7. The SMILES string of the molecule is CC(C)CNc1ccc(S(=O)(=O)N2CCOCC2)cc1NC(=O)c1cc2ccccc2o1. The zero-order valence-electron chi connectivity index (χ0n) is 18.1. The van der Waals surface area contributed by atoms with E-state index in [2.05, 4.69) is 24.5 Å². The summed E-state index contributed by atoms with van der Waals surface area (Å²) in [6, 6.07) is 13.8. The monoisotopic (exact) mass is 457 g/mol. The van der Waals surface area contributed by atoms with E-state index >= 15 is 0 Å². The minimum Gasteiger partial charge on any atom is -0.451 e. The number of nitrogens with zero attached hydrogens (tertiary/aromatic N) is 1. The van der Waals surface area contributed by atoms with Crippen LogP contribution in [-0.4, -0.2) is 51.5 Å². The maximum absolute atomic E-state index is 13.1. The Kier molecular flexibility index (Phi) is 6.50. The summed E-state index contributed by atoms with van der Waals surface area (Å²) in [5.74, 6) is 0.0721. The lowest BCUT2D eigenvalue weighted by atomic mass is 10.2. The second kappa shape index (κ2) is 9.32. The number of hydrogen-bond acceptors (Lipinski definition) is 6. The molecular weight excluding hydrogens is 430 g/mol. The number of ether oxygens (including phenoxy) is 1. The number of morpholine rings is 1. The third-order valence-corrected chi connectivity index (χ3v) is 7.09. The minimum absolute atomic E-state index is 0.120. The highest BCUT2D eigenvalue weighted by Crippen LogP contribution is 2.29. The summed E-state index contributed by atoms with van der Waals surface area (Å²) in [6.45, 7) is 6.13.